The molecular formula is C15H18BrNO. The van der Waals surface area contributed by atoms with Crippen molar-refractivity contribution >= 4 is 15.9 Å². The van der Waals surface area contributed by atoms with E-state index in [0.717, 1.165) is 16.7 Å². The molecule has 18 heavy (non-hydrogen) atoms. The van der Waals surface area contributed by atoms with Crippen LogP contribution in [0.4, 0.5) is 0 Å². The van der Waals surface area contributed by atoms with E-state index in [4.69, 9.17) is 4.42 Å². The highest BCUT2D eigenvalue weighted by molar-refractivity contribution is 9.10. The van der Waals surface area contributed by atoms with Gasteiger partial charge in [-0.1, -0.05) is 35.0 Å². The molecule has 0 fully saturated rings. The Morgan fingerprint density at radius 2 is 2.11 bits per heavy atom. The number of rotatable bonds is 5. The molecule has 1 unspecified atom stereocenters. The number of hydrogen-bond acceptors (Lipinski definition) is 2. The fraction of sp³-hybridized carbons (Fsp3) is 0.333. The molecule has 96 valence electrons. The van der Waals surface area contributed by atoms with Gasteiger partial charge in [-0.15, -0.1) is 0 Å². The monoisotopic (exact) mass is 307 g/mol. The molecule has 0 amide bonds. The van der Waals surface area contributed by atoms with Crippen molar-refractivity contribution in [2.45, 2.75) is 32.4 Å². The maximum Gasteiger partial charge on any atom is 0.120 e. The minimum atomic E-state index is 0.258. The van der Waals surface area contributed by atoms with E-state index in [1.165, 1.54) is 5.56 Å². The van der Waals surface area contributed by atoms with Crippen molar-refractivity contribution in [2.24, 2.45) is 0 Å². The smallest absolute Gasteiger partial charge is 0.120 e. The van der Waals surface area contributed by atoms with Gasteiger partial charge >= 0.3 is 0 Å². The number of hydrogen-bond donors (Lipinski definition) is 1. The average molecular weight is 308 g/mol. The summed E-state index contributed by atoms with van der Waals surface area (Å²) in [6.45, 7) is 4.33. The minimum Gasteiger partial charge on any atom is -0.468 e. The first kappa shape index (κ1) is 13.4. The lowest BCUT2D eigenvalue weighted by molar-refractivity contribution is 0.376. The van der Waals surface area contributed by atoms with E-state index in [9.17, 15) is 0 Å². The molecule has 1 aromatic heterocycles. The molecule has 2 nitrogen and oxygen atoms in total. The lowest BCUT2D eigenvalue weighted by Gasteiger charge is -2.21. The van der Waals surface area contributed by atoms with Crippen molar-refractivity contribution in [3.8, 4) is 0 Å². The highest BCUT2D eigenvalue weighted by Gasteiger charge is 2.15. The van der Waals surface area contributed by atoms with Gasteiger partial charge in [0.1, 0.15) is 5.76 Å². The van der Waals surface area contributed by atoms with Gasteiger partial charge in [-0.2, -0.15) is 0 Å². The lowest BCUT2D eigenvalue weighted by Crippen LogP contribution is -2.23. The van der Waals surface area contributed by atoms with Crippen LogP contribution in [0, 0.1) is 0 Å². The maximum absolute atomic E-state index is 5.48. The first-order valence-corrected chi connectivity index (χ1v) is 7.05. The molecular weight excluding hydrogens is 290 g/mol. The topological polar surface area (TPSA) is 25.2 Å². The van der Waals surface area contributed by atoms with E-state index in [0.29, 0.717) is 0 Å². The Balaban J connectivity index is 2.08. The summed E-state index contributed by atoms with van der Waals surface area (Å²) in [4.78, 5) is 0. The summed E-state index contributed by atoms with van der Waals surface area (Å²) in [7, 11) is 0. The summed E-state index contributed by atoms with van der Waals surface area (Å²) in [6.07, 6.45) is 2.73. The van der Waals surface area contributed by atoms with Crippen LogP contribution in [0.25, 0.3) is 0 Å². The Bertz CT molecular complexity index is 481. The number of benzene rings is 1. The molecule has 0 bridgehead atoms. The second kappa shape index (κ2) is 6.21. The maximum atomic E-state index is 5.48. The second-order valence-electron chi connectivity index (χ2n) is 4.42. The first-order valence-electron chi connectivity index (χ1n) is 6.25. The standard InChI is InChI=1S/C15H18BrNO/c1-3-14(15-8-5-9-18-15)17-11(2)12-6-4-7-13(16)10-12/h4-11,14,17H,3H2,1-2H3/t11-,14?/m0/s1. The van der Waals surface area contributed by atoms with E-state index in [2.05, 4.69) is 53.3 Å². The van der Waals surface area contributed by atoms with Crippen LogP contribution in [0.15, 0.2) is 51.6 Å². The van der Waals surface area contributed by atoms with Crippen LogP contribution in [0.2, 0.25) is 0 Å². The van der Waals surface area contributed by atoms with Crippen molar-refractivity contribution in [1.82, 2.24) is 5.32 Å². The Morgan fingerprint density at radius 1 is 1.28 bits per heavy atom. The molecule has 2 atom stereocenters. The van der Waals surface area contributed by atoms with Gasteiger partial charge in [0.15, 0.2) is 0 Å². The summed E-state index contributed by atoms with van der Waals surface area (Å²) < 4.78 is 6.59. The van der Waals surface area contributed by atoms with Gasteiger partial charge in [-0.05, 0) is 43.2 Å². The summed E-state index contributed by atoms with van der Waals surface area (Å²) >= 11 is 3.51. The van der Waals surface area contributed by atoms with Gasteiger partial charge in [0.05, 0.1) is 12.3 Å². The molecule has 1 N–H and O–H groups in total. The molecule has 2 rings (SSSR count). The largest absolute Gasteiger partial charge is 0.468 e. The van der Waals surface area contributed by atoms with Crippen LogP contribution in [-0.4, -0.2) is 0 Å². The molecule has 0 radical (unpaired) electrons. The molecule has 0 aliphatic rings. The van der Waals surface area contributed by atoms with Crippen LogP contribution >= 0.6 is 15.9 Å². The van der Waals surface area contributed by atoms with Gasteiger partial charge in [-0.25, -0.2) is 0 Å². The number of halogens is 1. The minimum absolute atomic E-state index is 0.258. The van der Waals surface area contributed by atoms with Crippen molar-refractivity contribution in [3.63, 3.8) is 0 Å². The molecule has 0 aliphatic carbocycles. The van der Waals surface area contributed by atoms with Crippen molar-refractivity contribution < 1.29 is 4.42 Å². The highest BCUT2D eigenvalue weighted by atomic mass is 79.9. The Hall–Kier alpha value is -1.06. The van der Waals surface area contributed by atoms with Gasteiger partial charge < -0.3 is 9.73 Å². The Kier molecular flexibility index (Phi) is 4.61. The fourth-order valence-corrected chi connectivity index (χ4v) is 2.48. The second-order valence-corrected chi connectivity index (χ2v) is 5.34. The molecule has 0 spiro atoms. The molecule has 0 aliphatic heterocycles. The lowest BCUT2D eigenvalue weighted by atomic mass is 10.1. The summed E-state index contributed by atoms with van der Waals surface area (Å²) in [5.41, 5.74) is 1.27. The van der Waals surface area contributed by atoms with Gasteiger partial charge in [-0.3, -0.25) is 0 Å². The fourth-order valence-electron chi connectivity index (χ4n) is 2.06. The van der Waals surface area contributed by atoms with Crippen molar-refractivity contribution in [3.05, 3.63) is 58.5 Å². The van der Waals surface area contributed by atoms with Crippen molar-refractivity contribution in [1.29, 1.82) is 0 Å². The zero-order chi connectivity index (χ0) is 13.0. The van der Waals surface area contributed by atoms with E-state index in [1.54, 1.807) is 6.26 Å². The quantitative estimate of drug-likeness (QED) is 0.854. The van der Waals surface area contributed by atoms with Gasteiger partial charge in [0, 0.05) is 10.5 Å². The zero-order valence-corrected chi connectivity index (χ0v) is 12.3. The van der Waals surface area contributed by atoms with Crippen LogP contribution in [0.3, 0.4) is 0 Å². The predicted molar refractivity (Wildman–Crippen MR) is 77.4 cm³/mol. The molecule has 1 aromatic carbocycles. The first-order chi connectivity index (χ1) is 8.70. The molecule has 3 heteroatoms. The number of nitrogens with one attached hydrogen (secondary N) is 1. The molecule has 0 saturated carbocycles. The van der Waals surface area contributed by atoms with Crippen LogP contribution < -0.4 is 5.32 Å². The van der Waals surface area contributed by atoms with Crippen LogP contribution in [-0.2, 0) is 0 Å². The van der Waals surface area contributed by atoms with E-state index >= 15 is 0 Å². The van der Waals surface area contributed by atoms with Crippen LogP contribution in [0.5, 0.6) is 0 Å². The average Bonchev–Trinajstić information content (AvgIpc) is 2.89. The third kappa shape index (κ3) is 3.24. The highest BCUT2D eigenvalue weighted by Crippen LogP contribution is 2.24. The van der Waals surface area contributed by atoms with E-state index in [-0.39, 0.29) is 12.1 Å². The third-order valence-electron chi connectivity index (χ3n) is 3.09. The van der Waals surface area contributed by atoms with E-state index < -0.39 is 0 Å². The summed E-state index contributed by atoms with van der Waals surface area (Å²) in [5.74, 6) is 0.999. The Labute approximate surface area is 117 Å². The predicted octanol–water partition coefficient (Wildman–Crippen LogP) is 4.84. The van der Waals surface area contributed by atoms with E-state index in [1.807, 2.05) is 18.2 Å². The molecule has 2 aromatic rings. The van der Waals surface area contributed by atoms with Gasteiger partial charge in [0.2, 0.25) is 0 Å². The molecule has 1 heterocycles. The SMILES string of the molecule is CCC(N[C@@H](C)c1cccc(Br)c1)c1ccco1. The normalized spacial score (nSPS) is 14.4. The number of furan rings is 1. The van der Waals surface area contributed by atoms with Crippen LogP contribution in [0.1, 0.15) is 43.7 Å². The van der Waals surface area contributed by atoms with Crippen molar-refractivity contribution in [2.75, 3.05) is 0 Å². The third-order valence-corrected chi connectivity index (χ3v) is 3.59. The van der Waals surface area contributed by atoms with Gasteiger partial charge in [0.25, 0.3) is 0 Å². The summed E-state index contributed by atoms with van der Waals surface area (Å²) in [5, 5.41) is 3.60. The zero-order valence-electron chi connectivity index (χ0n) is 10.7. The molecule has 0 saturated heterocycles. The summed E-state index contributed by atoms with van der Waals surface area (Å²) in [6, 6.07) is 12.9. The Morgan fingerprint density at radius 3 is 2.72 bits per heavy atom.